The zero-order valence-corrected chi connectivity index (χ0v) is 17.0. The van der Waals surface area contributed by atoms with E-state index in [4.69, 9.17) is 4.74 Å². The largest absolute Gasteiger partial charge is 0.497 e. The molecule has 1 saturated heterocycles. The molecule has 154 valence electrons. The number of amides is 1. The van der Waals surface area contributed by atoms with E-state index in [1.54, 1.807) is 19.5 Å². The van der Waals surface area contributed by atoms with Gasteiger partial charge in [-0.05, 0) is 54.7 Å². The number of hydrogen-bond acceptors (Lipinski definition) is 5. The Bertz CT molecular complexity index is 808. The van der Waals surface area contributed by atoms with Gasteiger partial charge in [-0.2, -0.15) is 0 Å². The van der Waals surface area contributed by atoms with Gasteiger partial charge in [-0.3, -0.25) is 9.78 Å². The van der Waals surface area contributed by atoms with Gasteiger partial charge in [0.15, 0.2) is 0 Å². The highest BCUT2D eigenvalue weighted by molar-refractivity contribution is 5.82. The third-order valence-corrected chi connectivity index (χ3v) is 6.10. The van der Waals surface area contributed by atoms with E-state index < -0.39 is 0 Å². The molecule has 2 atom stereocenters. The average Bonchev–Trinajstić information content (AvgIpc) is 3.29. The van der Waals surface area contributed by atoms with Gasteiger partial charge in [0, 0.05) is 31.0 Å². The minimum absolute atomic E-state index is 0.0909. The Kier molecular flexibility index (Phi) is 6.42. The minimum atomic E-state index is -0.227. The molecule has 1 aliphatic heterocycles. The molecule has 0 spiro atoms. The number of carbonyl (C=O) groups is 1. The third-order valence-electron chi connectivity index (χ3n) is 6.10. The molecule has 6 nitrogen and oxygen atoms in total. The lowest BCUT2D eigenvalue weighted by Gasteiger charge is -2.36. The maximum absolute atomic E-state index is 13.5. The van der Waals surface area contributed by atoms with Crippen molar-refractivity contribution in [3.8, 4) is 5.75 Å². The summed E-state index contributed by atoms with van der Waals surface area (Å²) in [6.45, 7) is 0.647. The van der Waals surface area contributed by atoms with Crippen molar-refractivity contribution in [2.24, 2.45) is 0 Å². The van der Waals surface area contributed by atoms with Crippen LogP contribution in [0, 0.1) is 0 Å². The molecule has 1 aromatic heterocycles. The summed E-state index contributed by atoms with van der Waals surface area (Å²) in [6, 6.07) is 12.2. The number of benzene rings is 1. The lowest BCUT2D eigenvalue weighted by Crippen LogP contribution is -2.49. The van der Waals surface area contributed by atoms with E-state index in [1.165, 1.54) is 19.3 Å². The van der Waals surface area contributed by atoms with Crippen molar-refractivity contribution in [3.05, 3.63) is 59.9 Å². The van der Waals surface area contributed by atoms with Gasteiger partial charge in [-0.15, -0.1) is 0 Å². The second-order valence-electron chi connectivity index (χ2n) is 8.02. The second kappa shape index (κ2) is 9.37. The predicted octanol–water partition coefficient (Wildman–Crippen LogP) is 3.36. The Morgan fingerprint density at radius 3 is 2.69 bits per heavy atom. The van der Waals surface area contributed by atoms with Crippen LogP contribution in [0.5, 0.6) is 5.75 Å². The van der Waals surface area contributed by atoms with Gasteiger partial charge >= 0.3 is 0 Å². The topological polar surface area (TPSA) is 66.5 Å². The normalized spacial score (nSPS) is 22.4. The monoisotopic (exact) mass is 394 g/mol. The van der Waals surface area contributed by atoms with E-state index >= 15 is 0 Å². The van der Waals surface area contributed by atoms with Crippen LogP contribution in [-0.2, 0) is 11.3 Å². The summed E-state index contributed by atoms with van der Waals surface area (Å²) >= 11 is 0. The lowest BCUT2D eigenvalue weighted by molar-refractivity contribution is -0.137. The fourth-order valence-corrected chi connectivity index (χ4v) is 4.46. The predicted molar refractivity (Wildman–Crippen MR) is 112 cm³/mol. The molecule has 2 fully saturated rings. The molecule has 1 aromatic carbocycles. The number of ether oxygens (including phenoxy) is 1. The fourth-order valence-electron chi connectivity index (χ4n) is 4.46. The van der Waals surface area contributed by atoms with Crippen LogP contribution in [0.25, 0.3) is 0 Å². The van der Waals surface area contributed by atoms with Gasteiger partial charge < -0.3 is 9.64 Å². The van der Waals surface area contributed by atoms with Crippen molar-refractivity contribution in [1.29, 1.82) is 0 Å². The van der Waals surface area contributed by atoms with E-state index in [0.29, 0.717) is 12.6 Å². The zero-order chi connectivity index (χ0) is 20.1. The standard InChI is InChI=1S/C23H30N4O2/c1-29-20-9-5-6-18(14-20)21-15-22(26-25-21)23(28)27(19-7-3-2-4-8-19)16-17-10-12-24-13-11-17/h5-6,9-14,19,21-22,25-26H,2-4,7-8,15-16H2,1H3. The molecule has 2 aromatic rings. The summed E-state index contributed by atoms with van der Waals surface area (Å²) in [4.78, 5) is 19.7. The van der Waals surface area contributed by atoms with Gasteiger partial charge in [0.1, 0.15) is 11.8 Å². The molecule has 6 heteroatoms. The maximum atomic E-state index is 13.5. The number of hydrogen-bond donors (Lipinski definition) is 2. The van der Waals surface area contributed by atoms with E-state index in [2.05, 4.69) is 26.8 Å². The van der Waals surface area contributed by atoms with Crippen molar-refractivity contribution >= 4 is 5.91 Å². The van der Waals surface area contributed by atoms with Gasteiger partial charge in [0.05, 0.1) is 7.11 Å². The summed E-state index contributed by atoms with van der Waals surface area (Å²) in [5, 5.41) is 0. The van der Waals surface area contributed by atoms with Crippen molar-refractivity contribution in [1.82, 2.24) is 20.7 Å². The fraction of sp³-hybridized carbons (Fsp3) is 0.478. The average molecular weight is 395 g/mol. The molecule has 1 saturated carbocycles. The molecule has 2 unspecified atom stereocenters. The van der Waals surface area contributed by atoms with Crippen LogP contribution in [0.4, 0.5) is 0 Å². The first-order chi connectivity index (χ1) is 14.2. The molecule has 1 aliphatic carbocycles. The number of pyridine rings is 1. The van der Waals surface area contributed by atoms with Crippen LogP contribution >= 0.6 is 0 Å². The van der Waals surface area contributed by atoms with Crippen LogP contribution in [0.2, 0.25) is 0 Å². The van der Waals surface area contributed by atoms with Crippen molar-refractivity contribution < 1.29 is 9.53 Å². The number of nitrogens with one attached hydrogen (secondary N) is 2. The summed E-state index contributed by atoms with van der Waals surface area (Å²) < 4.78 is 5.34. The molecular weight excluding hydrogens is 364 g/mol. The molecule has 2 N–H and O–H groups in total. The molecule has 0 bridgehead atoms. The molecule has 0 radical (unpaired) electrons. The maximum Gasteiger partial charge on any atom is 0.241 e. The molecule has 2 heterocycles. The first-order valence-electron chi connectivity index (χ1n) is 10.6. The molecular formula is C23H30N4O2. The minimum Gasteiger partial charge on any atom is -0.497 e. The van der Waals surface area contributed by atoms with Gasteiger partial charge in [-0.1, -0.05) is 31.4 Å². The second-order valence-corrected chi connectivity index (χ2v) is 8.02. The first kappa shape index (κ1) is 19.9. The lowest BCUT2D eigenvalue weighted by atomic mass is 9.92. The number of carbonyl (C=O) groups excluding carboxylic acids is 1. The van der Waals surface area contributed by atoms with Crippen molar-refractivity contribution in [3.63, 3.8) is 0 Å². The Morgan fingerprint density at radius 2 is 1.93 bits per heavy atom. The summed E-state index contributed by atoms with van der Waals surface area (Å²) in [7, 11) is 1.67. The Hall–Kier alpha value is -2.44. The van der Waals surface area contributed by atoms with E-state index in [9.17, 15) is 4.79 Å². The highest BCUT2D eigenvalue weighted by Crippen LogP contribution is 2.29. The van der Waals surface area contributed by atoms with Crippen LogP contribution < -0.4 is 15.6 Å². The van der Waals surface area contributed by atoms with Gasteiger partial charge in [0.25, 0.3) is 0 Å². The van der Waals surface area contributed by atoms with Crippen LogP contribution in [0.3, 0.4) is 0 Å². The van der Waals surface area contributed by atoms with Gasteiger partial charge in [0.2, 0.25) is 5.91 Å². The van der Waals surface area contributed by atoms with E-state index in [0.717, 1.165) is 36.1 Å². The molecule has 4 rings (SSSR count). The molecule has 2 aliphatic rings. The SMILES string of the molecule is COc1cccc(C2CC(C(=O)N(Cc3ccncc3)C3CCCCC3)NN2)c1. The number of rotatable bonds is 6. The quantitative estimate of drug-likeness (QED) is 0.786. The Morgan fingerprint density at radius 1 is 1.14 bits per heavy atom. The summed E-state index contributed by atoms with van der Waals surface area (Å²) in [5.41, 5.74) is 8.83. The van der Waals surface area contributed by atoms with Crippen LogP contribution in [0.1, 0.15) is 55.7 Å². The number of aromatic nitrogens is 1. The highest BCUT2D eigenvalue weighted by Gasteiger charge is 2.36. The number of hydrazine groups is 1. The van der Waals surface area contributed by atoms with Crippen molar-refractivity contribution in [2.45, 2.75) is 63.2 Å². The summed E-state index contributed by atoms with van der Waals surface area (Å²) in [5.74, 6) is 1.02. The number of methoxy groups -OCH3 is 1. The smallest absolute Gasteiger partial charge is 0.241 e. The van der Waals surface area contributed by atoms with Crippen molar-refractivity contribution in [2.75, 3.05) is 7.11 Å². The Balaban J connectivity index is 1.48. The van der Waals surface area contributed by atoms with Crippen LogP contribution in [0.15, 0.2) is 48.8 Å². The summed E-state index contributed by atoms with van der Waals surface area (Å²) in [6.07, 6.45) is 10.2. The zero-order valence-electron chi connectivity index (χ0n) is 17.0. The van der Waals surface area contributed by atoms with Crippen LogP contribution in [-0.4, -0.2) is 35.0 Å². The first-order valence-corrected chi connectivity index (χ1v) is 10.6. The number of nitrogens with zero attached hydrogens (tertiary/aromatic N) is 2. The molecule has 29 heavy (non-hydrogen) atoms. The van der Waals surface area contributed by atoms with Gasteiger partial charge in [-0.25, -0.2) is 10.9 Å². The molecule has 1 amide bonds. The Labute approximate surface area is 172 Å². The third kappa shape index (κ3) is 4.77. The van der Waals surface area contributed by atoms with E-state index in [1.807, 2.05) is 30.3 Å². The van der Waals surface area contributed by atoms with E-state index in [-0.39, 0.29) is 18.0 Å². The highest BCUT2D eigenvalue weighted by atomic mass is 16.5.